The summed E-state index contributed by atoms with van der Waals surface area (Å²) in [5.41, 5.74) is 5.00. The summed E-state index contributed by atoms with van der Waals surface area (Å²) >= 11 is 0. The summed E-state index contributed by atoms with van der Waals surface area (Å²) in [7, 11) is 1.58. The zero-order valence-electron chi connectivity index (χ0n) is 45.0. The van der Waals surface area contributed by atoms with Gasteiger partial charge in [-0.1, -0.05) is 52.0 Å². The van der Waals surface area contributed by atoms with E-state index < -0.39 is 23.2 Å². The molecule has 6 N–H and O–H groups in total. The van der Waals surface area contributed by atoms with E-state index in [1.165, 1.54) is 0 Å². The third-order valence-corrected chi connectivity index (χ3v) is 14.1. The average Bonchev–Trinajstić information content (AvgIpc) is 4.13. The summed E-state index contributed by atoms with van der Waals surface area (Å²) in [6.45, 7) is 19.7. The summed E-state index contributed by atoms with van der Waals surface area (Å²) in [5, 5.41) is 18.5. The van der Waals surface area contributed by atoms with Crippen LogP contribution in [0.25, 0.3) is 22.8 Å². The Morgan fingerprint density at radius 1 is 0.853 bits per heavy atom. The molecule has 0 bridgehead atoms. The van der Waals surface area contributed by atoms with E-state index in [1.54, 1.807) is 76.4 Å². The number of carbonyl (C=O) groups excluding carboxylic acids is 6. The van der Waals surface area contributed by atoms with E-state index in [-0.39, 0.29) is 74.8 Å². The number of nitrogens with zero attached hydrogens (tertiary/aromatic N) is 3. The second-order valence-electron chi connectivity index (χ2n) is 19.1. The number of amides is 5. The lowest BCUT2D eigenvalue weighted by Gasteiger charge is -2.35. The van der Waals surface area contributed by atoms with Crippen molar-refractivity contribution in [3.8, 4) is 16.9 Å². The van der Waals surface area contributed by atoms with Crippen molar-refractivity contribution in [1.82, 2.24) is 30.3 Å². The van der Waals surface area contributed by atoms with Crippen molar-refractivity contribution in [3.63, 3.8) is 0 Å². The molecule has 6 rings (SSSR count). The third kappa shape index (κ3) is 14.3. The van der Waals surface area contributed by atoms with Crippen molar-refractivity contribution in [2.45, 2.75) is 112 Å². The molecule has 0 fully saturated rings. The lowest BCUT2D eigenvalue weighted by Crippen LogP contribution is -2.50. The van der Waals surface area contributed by atoms with Crippen LogP contribution in [0.4, 0.5) is 21.9 Å². The van der Waals surface area contributed by atoms with Gasteiger partial charge in [-0.15, -0.1) is 0 Å². The van der Waals surface area contributed by atoms with Crippen LogP contribution < -0.4 is 26.0 Å². The number of methoxy groups -OCH3 is 1. The number of fused-ring (bicyclic) bond motifs is 1. The molecule has 1 aliphatic heterocycles. The van der Waals surface area contributed by atoms with Gasteiger partial charge in [-0.3, -0.25) is 29.1 Å². The SMILES string of the molecule is CCN(CC)CCNC(=O)c1c(C)[nH]c(/C=C2\C(=O)Nc3ccc(NC(=O)CCC(=O)C(C)(CC)O[C@@H](C)C(=O)C(C)(CC)OCCN(Cc4cccc(OC)c4)C(=O)Nc4ccc(-c5cn[nH]c5)cc4)cc32)c1C. The maximum absolute atomic E-state index is 14.2. The topological polar surface area (TPSA) is 229 Å². The predicted octanol–water partition coefficient (Wildman–Crippen LogP) is 8.94. The number of ketones is 2. The fourth-order valence-electron chi connectivity index (χ4n) is 9.03. The first kappa shape index (κ1) is 56.9. The summed E-state index contributed by atoms with van der Waals surface area (Å²) in [5.74, 6) is -1.02. The molecule has 3 heterocycles. The van der Waals surface area contributed by atoms with Crippen molar-refractivity contribution < 1.29 is 43.0 Å². The van der Waals surface area contributed by atoms with Crippen LogP contribution in [0, 0.1) is 13.8 Å². The zero-order valence-corrected chi connectivity index (χ0v) is 45.0. The minimum Gasteiger partial charge on any atom is -0.497 e. The first-order valence-electron chi connectivity index (χ1n) is 25.7. The normalized spacial score (nSPS) is 14.6. The van der Waals surface area contributed by atoms with Crippen LogP contribution in [0.5, 0.6) is 5.75 Å². The molecular weight excluding hydrogens is 955 g/mol. The van der Waals surface area contributed by atoms with E-state index in [0.717, 1.165) is 36.3 Å². The lowest BCUT2D eigenvalue weighted by atomic mass is 9.91. The molecule has 2 aromatic heterocycles. The number of rotatable bonds is 27. The Morgan fingerprint density at radius 3 is 2.24 bits per heavy atom. The second-order valence-corrected chi connectivity index (χ2v) is 19.1. The highest BCUT2D eigenvalue weighted by molar-refractivity contribution is 6.35. The molecule has 18 nitrogen and oxygen atoms in total. The van der Waals surface area contributed by atoms with E-state index in [1.807, 2.05) is 69.3 Å². The first-order chi connectivity index (χ1) is 35.8. The number of Topliss-reactive ketones (excluding diaryl/α,β-unsaturated/α-hetero) is 2. The zero-order chi connectivity index (χ0) is 54.5. The van der Waals surface area contributed by atoms with E-state index in [9.17, 15) is 28.8 Å². The Balaban J connectivity index is 1.04. The Hall–Kier alpha value is -7.41. The van der Waals surface area contributed by atoms with E-state index in [2.05, 4.69) is 55.2 Å². The molecule has 400 valence electrons. The monoisotopic (exact) mass is 1030 g/mol. The summed E-state index contributed by atoms with van der Waals surface area (Å²) in [4.78, 5) is 88.8. The summed E-state index contributed by atoms with van der Waals surface area (Å²) in [6.07, 6.45) is 4.35. The number of hydrogen-bond donors (Lipinski definition) is 6. The fourth-order valence-corrected chi connectivity index (χ4v) is 9.03. The van der Waals surface area contributed by atoms with E-state index in [0.29, 0.717) is 63.0 Å². The van der Waals surface area contributed by atoms with E-state index >= 15 is 0 Å². The maximum atomic E-state index is 14.2. The van der Waals surface area contributed by atoms with Crippen LogP contribution in [0.3, 0.4) is 0 Å². The van der Waals surface area contributed by atoms with Crippen molar-refractivity contribution >= 4 is 64.0 Å². The van der Waals surface area contributed by atoms with E-state index in [4.69, 9.17) is 14.2 Å². The lowest BCUT2D eigenvalue weighted by molar-refractivity contribution is -0.170. The van der Waals surface area contributed by atoms with Gasteiger partial charge in [0.25, 0.3) is 11.8 Å². The number of ether oxygens (including phenoxy) is 3. The van der Waals surface area contributed by atoms with Gasteiger partial charge in [0.2, 0.25) is 5.91 Å². The Labute approximate surface area is 439 Å². The van der Waals surface area contributed by atoms with Gasteiger partial charge in [0.15, 0.2) is 11.6 Å². The molecule has 0 saturated carbocycles. The molecule has 0 radical (unpaired) electrons. The first-order valence-corrected chi connectivity index (χ1v) is 25.7. The van der Waals surface area contributed by atoms with Gasteiger partial charge in [-0.2, -0.15) is 5.10 Å². The van der Waals surface area contributed by atoms with Crippen molar-refractivity contribution in [2.75, 3.05) is 62.4 Å². The number of nitrogens with one attached hydrogen (secondary N) is 6. The maximum Gasteiger partial charge on any atom is 0.322 e. The highest BCUT2D eigenvalue weighted by atomic mass is 16.5. The second kappa shape index (κ2) is 25.7. The Kier molecular flexibility index (Phi) is 19.5. The molecule has 0 saturated heterocycles. The van der Waals surface area contributed by atoms with Crippen LogP contribution in [0.15, 0.2) is 79.1 Å². The van der Waals surface area contributed by atoms with Crippen molar-refractivity contribution in [2.24, 2.45) is 0 Å². The van der Waals surface area contributed by atoms with Crippen LogP contribution in [-0.4, -0.2) is 124 Å². The molecule has 0 aliphatic carbocycles. The van der Waals surface area contributed by atoms with Gasteiger partial charge in [0.05, 0.1) is 31.1 Å². The number of benzene rings is 3. The largest absolute Gasteiger partial charge is 0.497 e. The molecule has 1 aliphatic rings. The highest BCUT2D eigenvalue weighted by Crippen LogP contribution is 2.36. The van der Waals surface area contributed by atoms with Gasteiger partial charge >= 0.3 is 6.03 Å². The molecule has 3 atom stereocenters. The molecule has 2 unspecified atom stereocenters. The highest BCUT2D eigenvalue weighted by Gasteiger charge is 2.41. The number of H-pyrrole nitrogens is 2. The minimum atomic E-state index is -1.40. The molecule has 18 heteroatoms. The number of likely N-dealkylation sites (N-methyl/N-ethyl adjacent to an activating group) is 1. The molecule has 5 aromatic rings. The van der Waals surface area contributed by atoms with Crippen molar-refractivity contribution in [1.29, 1.82) is 0 Å². The number of hydrogen-bond acceptors (Lipinski definition) is 11. The quantitative estimate of drug-likeness (QED) is 0.0272. The summed E-state index contributed by atoms with van der Waals surface area (Å²) < 4.78 is 18.0. The van der Waals surface area contributed by atoms with Gasteiger partial charge in [0, 0.05) is 84.8 Å². The van der Waals surface area contributed by atoms with Gasteiger partial charge in [0.1, 0.15) is 23.1 Å². The molecule has 3 aromatic carbocycles. The molecule has 0 spiro atoms. The van der Waals surface area contributed by atoms with Crippen LogP contribution in [-0.2, 0) is 35.2 Å². The average molecular weight is 1030 g/mol. The molecular formula is C57H73N9O9. The van der Waals surface area contributed by atoms with Crippen LogP contribution in [0.2, 0.25) is 0 Å². The van der Waals surface area contributed by atoms with Gasteiger partial charge < -0.3 is 50.3 Å². The standard InChI is InChI=1S/C57H73N9O9/c1-11-56(8,49(67)24-25-50(68)62-43-22-23-47-45(31-43)46(53(70)64-47)32-48-36(5)51(37(6)61-48)54(71)58-26-27-65(13-3)14-4)75-38(7)52(69)57(9,12-2)74-29-28-66(35-39-16-15-17-44(30-39)73-10)55(72)63-42-20-18-40(19-21-42)41-33-59-60-34-41/h15-23,30-34,38,61H,11-14,24-29,35H2,1-10H3,(H,58,71)(H,59,60)(H,62,68)(H,63,72)(H,64,70)/b46-32-/t38-,56?,57?/m0/s1. The van der Waals surface area contributed by atoms with Gasteiger partial charge in [-0.05, 0) is 126 Å². The van der Waals surface area contributed by atoms with Crippen LogP contribution in [0.1, 0.15) is 113 Å². The number of aromatic nitrogens is 3. The van der Waals surface area contributed by atoms with Crippen LogP contribution >= 0.6 is 0 Å². The smallest absolute Gasteiger partial charge is 0.322 e. The third-order valence-electron chi connectivity index (χ3n) is 14.1. The Morgan fingerprint density at radius 2 is 1.57 bits per heavy atom. The number of urea groups is 1. The van der Waals surface area contributed by atoms with Gasteiger partial charge in [-0.25, -0.2) is 4.79 Å². The number of anilines is 3. The number of aryl methyl sites for hydroxylation is 1. The number of aromatic amines is 2. The van der Waals surface area contributed by atoms with Crippen molar-refractivity contribution in [3.05, 3.63) is 113 Å². The molecule has 75 heavy (non-hydrogen) atoms. The molecule has 5 amide bonds. The Bertz CT molecular complexity index is 2850. The predicted molar refractivity (Wildman–Crippen MR) is 292 cm³/mol. The fraction of sp³-hybridized carbons (Fsp3) is 0.421. The number of carbonyl (C=O) groups is 6. The summed E-state index contributed by atoms with van der Waals surface area (Å²) in [6, 6.07) is 19.5. The minimum absolute atomic E-state index is 0.0121.